The summed E-state index contributed by atoms with van der Waals surface area (Å²) in [5, 5.41) is 9.75. The second-order valence-corrected chi connectivity index (χ2v) is 4.63. The standard InChI is InChI=1S/C14H12O4/c1-7-5-6-9-12(16)13(17)11-8(14(9)18-7)3-2-4-10(11)15/h2-4,7,15H,5-6H2,1H3. The SMILES string of the molecule is CC1CCC2=C(O1)c1cccc(O)c1C(=O)C2=O. The average Bonchev–Trinajstić information content (AvgIpc) is 2.35. The van der Waals surface area contributed by atoms with E-state index >= 15 is 0 Å². The number of benzene rings is 1. The Balaban J connectivity index is 2.28. The largest absolute Gasteiger partial charge is 0.507 e. The smallest absolute Gasteiger partial charge is 0.237 e. The van der Waals surface area contributed by atoms with E-state index in [0.717, 1.165) is 6.42 Å². The number of Topliss-reactive ketones (excluding diaryl/α,β-unsaturated/α-hetero) is 2. The number of allylic oxidation sites excluding steroid dienone is 1. The van der Waals surface area contributed by atoms with Gasteiger partial charge >= 0.3 is 0 Å². The fourth-order valence-corrected chi connectivity index (χ4v) is 2.45. The molecular weight excluding hydrogens is 232 g/mol. The molecule has 1 unspecified atom stereocenters. The maximum Gasteiger partial charge on any atom is 0.237 e. The monoisotopic (exact) mass is 244 g/mol. The number of rotatable bonds is 0. The quantitative estimate of drug-likeness (QED) is 0.709. The van der Waals surface area contributed by atoms with Gasteiger partial charge in [-0.1, -0.05) is 12.1 Å². The van der Waals surface area contributed by atoms with Gasteiger partial charge in [-0.3, -0.25) is 9.59 Å². The average molecular weight is 244 g/mol. The van der Waals surface area contributed by atoms with Crippen molar-refractivity contribution in [2.75, 3.05) is 0 Å². The molecule has 1 aromatic rings. The molecule has 1 N–H and O–H groups in total. The van der Waals surface area contributed by atoms with Crippen LogP contribution in [0.3, 0.4) is 0 Å². The lowest BCUT2D eigenvalue weighted by molar-refractivity contribution is -0.112. The van der Waals surface area contributed by atoms with Gasteiger partial charge in [-0.15, -0.1) is 0 Å². The number of hydrogen-bond donors (Lipinski definition) is 1. The minimum Gasteiger partial charge on any atom is -0.507 e. The second-order valence-electron chi connectivity index (χ2n) is 4.63. The van der Waals surface area contributed by atoms with Crippen molar-refractivity contribution in [1.29, 1.82) is 0 Å². The second kappa shape index (κ2) is 3.70. The number of carbonyl (C=O) groups is 2. The van der Waals surface area contributed by atoms with Crippen molar-refractivity contribution in [2.45, 2.75) is 25.9 Å². The van der Waals surface area contributed by atoms with E-state index in [2.05, 4.69) is 0 Å². The zero-order valence-corrected chi connectivity index (χ0v) is 9.90. The van der Waals surface area contributed by atoms with Gasteiger partial charge in [-0.05, 0) is 25.8 Å². The van der Waals surface area contributed by atoms with E-state index in [-0.39, 0.29) is 17.4 Å². The van der Waals surface area contributed by atoms with Crippen LogP contribution < -0.4 is 0 Å². The summed E-state index contributed by atoms with van der Waals surface area (Å²) in [6, 6.07) is 4.75. The van der Waals surface area contributed by atoms with Gasteiger partial charge in [-0.2, -0.15) is 0 Å². The summed E-state index contributed by atoms with van der Waals surface area (Å²) >= 11 is 0. The molecule has 0 bridgehead atoms. The Morgan fingerprint density at radius 2 is 2.06 bits per heavy atom. The van der Waals surface area contributed by atoms with Gasteiger partial charge in [0.15, 0.2) is 0 Å². The zero-order valence-electron chi connectivity index (χ0n) is 9.90. The van der Waals surface area contributed by atoms with Gasteiger partial charge in [-0.25, -0.2) is 0 Å². The van der Waals surface area contributed by atoms with Crippen LogP contribution in [0.15, 0.2) is 23.8 Å². The number of aromatic hydroxyl groups is 1. The summed E-state index contributed by atoms with van der Waals surface area (Å²) in [5.74, 6) is -0.894. The fraction of sp³-hybridized carbons (Fsp3) is 0.286. The van der Waals surface area contributed by atoms with Crippen molar-refractivity contribution in [3.05, 3.63) is 34.9 Å². The highest BCUT2D eigenvalue weighted by atomic mass is 16.5. The van der Waals surface area contributed by atoms with E-state index in [1.165, 1.54) is 6.07 Å². The lowest BCUT2D eigenvalue weighted by Gasteiger charge is -2.29. The molecule has 0 spiro atoms. The van der Waals surface area contributed by atoms with Crippen molar-refractivity contribution in [1.82, 2.24) is 0 Å². The van der Waals surface area contributed by atoms with E-state index in [9.17, 15) is 14.7 Å². The van der Waals surface area contributed by atoms with Crippen LogP contribution in [-0.2, 0) is 9.53 Å². The Morgan fingerprint density at radius 1 is 1.28 bits per heavy atom. The Hall–Kier alpha value is -2.10. The first kappa shape index (κ1) is 11.0. The molecule has 0 saturated heterocycles. The molecule has 2 aliphatic rings. The van der Waals surface area contributed by atoms with E-state index in [1.807, 2.05) is 6.92 Å². The molecule has 1 atom stereocenters. The highest BCUT2D eigenvalue weighted by molar-refractivity contribution is 6.52. The predicted octanol–water partition coefficient (Wildman–Crippen LogP) is 2.07. The summed E-state index contributed by atoms with van der Waals surface area (Å²) in [6.07, 6.45) is 1.29. The number of fused-ring (bicyclic) bond motifs is 2. The molecule has 0 saturated carbocycles. The van der Waals surface area contributed by atoms with Gasteiger partial charge < -0.3 is 9.84 Å². The van der Waals surface area contributed by atoms with Crippen molar-refractivity contribution >= 4 is 17.3 Å². The number of hydrogen-bond acceptors (Lipinski definition) is 4. The number of ketones is 2. The molecule has 4 nitrogen and oxygen atoms in total. The molecule has 1 heterocycles. The van der Waals surface area contributed by atoms with Crippen LogP contribution >= 0.6 is 0 Å². The number of phenolic OH excluding ortho intramolecular Hbond substituents is 1. The van der Waals surface area contributed by atoms with Crippen LogP contribution in [0.25, 0.3) is 5.76 Å². The van der Waals surface area contributed by atoms with E-state index in [1.54, 1.807) is 12.1 Å². The molecule has 1 aliphatic carbocycles. The van der Waals surface area contributed by atoms with Crippen LogP contribution in [0.4, 0.5) is 0 Å². The van der Waals surface area contributed by atoms with Gasteiger partial charge in [0.05, 0.1) is 11.7 Å². The lowest BCUT2D eigenvalue weighted by atomic mass is 9.84. The van der Waals surface area contributed by atoms with E-state index in [0.29, 0.717) is 23.3 Å². The van der Waals surface area contributed by atoms with E-state index < -0.39 is 11.6 Å². The zero-order chi connectivity index (χ0) is 12.9. The van der Waals surface area contributed by atoms with Crippen LogP contribution in [0.2, 0.25) is 0 Å². The Labute approximate surface area is 104 Å². The van der Waals surface area contributed by atoms with Crippen LogP contribution in [0.5, 0.6) is 5.75 Å². The molecule has 1 aromatic carbocycles. The molecule has 18 heavy (non-hydrogen) atoms. The maximum atomic E-state index is 12.0. The highest BCUT2D eigenvalue weighted by Crippen LogP contribution is 2.39. The normalized spacial score (nSPS) is 22.4. The van der Waals surface area contributed by atoms with Crippen LogP contribution in [-0.4, -0.2) is 22.8 Å². The molecule has 0 radical (unpaired) electrons. The summed E-state index contributed by atoms with van der Waals surface area (Å²) in [7, 11) is 0. The number of phenols is 1. The third kappa shape index (κ3) is 1.38. The summed E-state index contributed by atoms with van der Waals surface area (Å²) in [6.45, 7) is 1.92. The molecular formula is C14H12O4. The molecule has 92 valence electrons. The Bertz CT molecular complexity index is 598. The van der Waals surface area contributed by atoms with Gasteiger partial charge in [0.2, 0.25) is 11.6 Å². The summed E-state index contributed by atoms with van der Waals surface area (Å²) < 4.78 is 5.69. The minimum absolute atomic E-state index is 0.0138. The molecule has 0 fully saturated rings. The van der Waals surface area contributed by atoms with E-state index in [4.69, 9.17) is 4.74 Å². The Kier molecular flexibility index (Phi) is 2.26. The first-order valence-corrected chi connectivity index (χ1v) is 5.90. The summed E-state index contributed by atoms with van der Waals surface area (Å²) in [4.78, 5) is 24.0. The first-order valence-electron chi connectivity index (χ1n) is 5.90. The number of ether oxygens (including phenoxy) is 1. The van der Waals surface area contributed by atoms with Gasteiger partial charge in [0.25, 0.3) is 0 Å². The minimum atomic E-state index is -0.639. The lowest BCUT2D eigenvalue weighted by Crippen LogP contribution is -2.29. The van der Waals surface area contributed by atoms with Crippen molar-refractivity contribution < 1.29 is 19.4 Å². The molecule has 0 amide bonds. The third-order valence-corrected chi connectivity index (χ3v) is 3.39. The third-order valence-electron chi connectivity index (χ3n) is 3.39. The molecule has 1 aliphatic heterocycles. The van der Waals surface area contributed by atoms with Crippen LogP contribution in [0, 0.1) is 0 Å². The fourth-order valence-electron chi connectivity index (χ4n) is 2.45. The summed E-state index contributed by atoms with van der Waals surface area (Å²) in [5.41, 5.74) is 1.03. The Morgan fingerprint density at radius 3 is 2.83 bits per heavy atom. The molecule has 3 rings (SSSR count). The van der Waals surface area contributed by atoms with Gasteiger partial charge in [0, 0.05) is 11.1 Å². The van der Waals surface area contributed by atoms with Crippen molar-refractivity contribution in [2.24, 2.45) is 0 Å². The number of carbonyl (C=O) groups excluding carboxylic acids is 2. The molecule has 0 aromatic heterocycles. The first-order chi connectivity index (χ1) is 8.59. The maximum absolute atomic E-state index is 12.0. The van der Waals surface area contributed by atoms with Crippen molar-refractivity contribution in [3.63, 3.8) is 0 Å². The highest BCUT2D eigenvalue weighted by Gasteiger charge is 2.37. The van der Waals surface area contributed by atoms with Crippen molar-refractivity contribution in [3.8, 4) is 5.75 Å². The topological polar surface area (TPSA) is 63.6 Å². The van der Waals surface area contributed by atoms with Crippen LogP contribution in [0.1, 0.15) is 35.7 Å². The predicted molar refractivity (Wildman–Crippen MR) is 64.1 cm³/mol. The molecule has 4 heteroatoms. The van der Waals surface area contributed by atoms with Gasteiger partial charge in [0.1, 0.15) is 11.5 Å².